The van der Waals surface area contributed by atoms with Crippen molar-refractivity contribution in [2.24, 2.45) is 0 Å². The van der Waals surface area contributed by atoms with Gasteiger partial charge in [0.2, 0.25) is 0 Å². The van der Waals surface area contributed by atoms with Crippen molar-refractivity contribution in [3.05, 3.63) is 22.9 Å². The fourth-order valence-corrected chi connectivity index (χ4v) is 0.538. The summed E-state index contributed by atoms with van der Waals surface area (Å²) in [7, 11) is 0. The SMILES string of the molecule is C=CCCCCC#[N+][O-]. The first-order valence-corrected chi connectivity index (χ1v) is 3.08. The van der Waals surface area contributed by atoms with Crippen LogP contribution >= 0.6 is 0 Å². The van der Waals surface area contributed by atoms with Crippen molar-refractivity contribution in [3.8, 4) is 6.07 Å². The van der Waals surface area contributed by atoms with Crippen molar-refractivity contribution in [1.82, 2.24) is 0 Å². The Morgan fingerprint density at radius 2 is 2.33 bits per heavy atom. The molecule has 2 nitrogen and oxygen atoms in total. The number of nitrogens with zero attached hydrogens (tertiary/aromatic N) is 1. The summed E-state index contributed by atoms with van der Waals surface area (Å²) in [6.07, 6.45) is 5.62. The molecule has 0 aromatic rings. The molecule has 0 aromatic carbocycles. The Labute approximate surface area is 55.6 Å². The largest absolute Gasteiger partial charge is 0.498 e. The zero-order valence-electron chi connectivity index (χ0n) is 5.47. The van der Waals surface area contributed by atoms with Crippen LogP contribution in [0.15, 0.2) is 12.7 Å². The van der Waals surface area contributed by atoms with E-state index in [1.807, 2.05) is 6.08 Å². The second kappa shape index (κ2) is 7.03. The summed E-state index contributed by atoms with van der Waals surface area (Å²) in [4.78, 5) is 0. The topological polar surface area (TPSA) is 27.4 Å². The van der Waals surface area contributed by atoms with Crippen molar-refractivity contribution in [2.45, 2.75) is 25.7 Å². The van der Waals surface area contributed by atoms with Gasteiger partial charge < -0.3 is 5.21 Å². The van der Waals surface area contributed by atoms with Gasteiger partial charge in [0.1, 0.15) is 0 Å². The average molecular weight is 125 g/mol. The van der Waals surface area contributed by atoms with E-state index in [2.05, 4.69) is 17.7 Å². The first kappa shape index (κ1) is 8.03. The molecule has 0 rings (SSSR count). The van der Waals surface area contributed by atoms with Crippen LogP contribution in [0.3, 0.4) is 0 Å². The van der Waals surface area contributed by atoms with E-state index < -0.39 is 0 Å². The molecule has 0 heterocycles. The summed E-state index contributed by atoms with van der Waals surface area (Å²) >= 11 is 0. The number of allylic oxidation sites excluding steroid dienone is 1. The van der Waals surface area contributed by atoms with Crippen molar-refractivity contribution in [3.63, 3.8) is 0 Å². The average Bonchev–Trinajstić information content (AvgIpc) is 1.89. The first-order chi connectivity index (χ1) is 4.41. The van der Waals surface area contributed by atoms with Gasteiger partial charge in [-0.15, -0.1) is 6.58 Å². The third-order valence-electron chi connectivity index (χ3n) is 1.01. The van der Waals surface area contributed by atoms with Crippen molar-refractivity contribution >= 4 is 0 Å². The van der Waals surface area contributed by atoms with Gasteiger partial charge in [0.15, 0.2) is 0 Å². The van der Waals surface area contributed by atoms with E-state index >= 15 is 0 Å². The van der Waals surface area contributed by atoms with Crippen LogP contribution in [0.5, 0.6) is 0 Å². The highest BCUT2D eigenvalue weighted by molar-refractivity contribution is 4.86. The predicted molar refractivity (Wildman–Crippen MR) is 39.3 cm³/mol. The van der Waals surface area contributed by atoms with E-state index in [4.69, 9.17) is 0 Å². The predicted octanol–water partition coefficient (Wildman–Crippen LogP) is 2.56. The second-order valence-corrected chi connectivity index (χ2v) is 1.78. The van der Waals surface area contributed by atoms with Crippen LogP contribution in [0, 0.1) is 11.3 Å². The Morgan fingerprint density at radius 3 is 2.89 bits per heavy atom. The normalized spacial score (nSPS) is 7.56. The highest BCUT2D eigenvalue weighted by Crippen LogP contribution is 1.98. The Balaban J connectivity index is 2.88. The monoisotopic (exact) mass is 125 g/mol. The lowest BCUT2D eigenvalue weighted by molar-refractivity contribution is 0.772. The van der Waals surface area contributed by atoms with E-state index in [1.165, 1.54) is 0 Å². The Kier molecular flexibility index (Phi) is 6.27. The van der Waals surface area contributed by atoms with Gasteiger partial charge >= 0.3 is 0 Å². The first-order valence-electron chi connectivity index (χ1n) is 3.08. The molecule has 50 valence electrons. The number of rotatable bonds is 4. The summed E-state index contributed by atoms with van der Waals surface area (Å²) < 4.78 is 0. The van der Waals surface area contributed by atoms with Crippen LogP contribution in [0.1, 0.15) is 25.7 Å². The van der Waals surface area contributed by atoms with E-state index in [0.717, 1.165) is 19.3 Å². The van der Waals surface area contributed by atoms with E-state index in [9.17, 15) is 5.21 Å². The fourth-order valence-electron chi connectivity index (χ4n) is 0.538. The highest BCUT2D eigenvalue weighted by Gasteiger charge is 1.85. The molecular weight excluding hydrogens is 114 g/mol. The Bertz CT molecular complexity index is 121. The van der Waals surface area contributed by atoms with E-state index in [1.54, 1.807) is 0 Å². The molecule has 0 bridgehead atoms. The van der Waals surface area contributed by atoms with E-state index in [-0.39, 0.29) is 0 Å². The minimum Gasteiger partial charge on any atom is -0.498 e. The zero-order valence-corrected chi connectivity index (χ0v) is 5.47. The molecular formula is C7H11NO. The van der Waals surface area contributed by atoms with Gasteiger partial charge in [-0.05, 0) is 19.3 Å². The molecule has 0 atom stereocenters. The van der Waals surface area contributed by atoms with Gasteiger partial charge in [-0.1, -0.05) is 6.08 Å². The maximum atomic E-state index is 9.46. The van der Waals surface area contributed by atoms with Crippen molar-refractivity contribution in [2.75, 3.05) is 0 Å². The van der Waals surface area contributed by atoms with Crippen LogP contribution in [-0.2, 0) is 0 Å². The quantitative estimate of drug-likeness (QED) is 0.322. The zero-order chi connectivity index (χ0) is 6.95. The molecule has 0 saturated carbocycles. The third-order valence-corrected chi connectivity index (χ3v) is 1.01. The molecule has 0 N–H and O–H groups in total. The highest BCUT2D eigenvalue weighted by atomic mass is 16.4. The summed E-state index contributed by atoms with van der Waals surface area (Å²) in [6.45, 7) is 3.57. The Morgan fingerprint density at radius 1 is 1.56 bits per heavy atom. The molecule has 0 aliphatic carbocycles. The smallest absolute Gasteiger partial charge is 0.298 e. The molecule has 0 amide bonds. The van der Waals surface area contributed by atoms with Gasteiger partial charge in [0.05, 0.1) is 6.42 Å². The van der Waals surface area contributed by atoms with E-state index in [0.29, 0.717) is 6.42 Å². The van der Waals surface area contributed by atoms with Crippen molar-refractivity contribution in [1.29, 1.82) is 0 Å². The molecule has 2 heteroatoms. The molecule has 9 heavy (non-hydrogen) atoms. The third kappa shape index (κ3) is 7.03. The van der Waals surface area contributed by atoms with Crippen LogP contribution in [0.4, 0.5) is 0 Å². The number of unbranched alkanes of at least 4 members (excludes halogenated alkanes) is 3. The van der Waals surface area contributed by atoms with Gasteiger partial charge in [0.25, 0.3) is 6.07 Å². The number of hydrogen-bond donors (Lipinski definition) is 0. The second-order valence-electron chi connectivity index (χ2n) is 1.78. The van der Waals surface area contributed by atoms with Crippen LogP contribution in [-0.4, -0.2) is 0 Å². The minimum atomic E-state index is 0.678. The minimum absolute atomic E-state index is 0.678. The van der Waals surface area contributed by atoms with Crippen molar-refractivity contribution < 1.29 is 0 Å². The van der Waals surface area contributed by atoms with Crippen LogP contribution in [0.2, 0.25) is 0 Å². The lowest BCUT2D eigenvalue weighted by atomic mass is 10.2. The molecule has 0 aliphatic rings. The standard InChI is InChI=1S/C7H11NO/c1-2-3-4-5-6-7-8-9/h2H,1,3-6H2. The van der Waals surface area contributed by atoms with Gasteiger partial charge in [-0.25, -0.2) is 0 Å². The molecule has 0 fully saturated rings. The Hall–Kier alpha value is -0.970. The van der Waals surface area contributed by atoms with Crippen LogP contribution < -0.4 is 0 Å². The lowest BCUT2D eigenvalue weighted by Gasteiger charge is -1.85. The van der Waals surface area contributed by atoms with Crippen LogP contribution in [0.25, 0.3) is 5.01 Å². The molecule has 0 unspecified atom stereocenters. The van der Waals surface area contributed by atoms with Gasteiger partial charge in [-0.3, -0.25) is 0 Å². The summed E-state index contributed by atoms with van der Waals surface area (Å²) in [5, 5.41) is 12.0. The van der Waals surface area contributed by atoms with Gasteiger partial charge in [-0.2, -0.15) is 0 Å². The number of hydrogen-bond acceptors (Lipinski definition) is 1. The fraction of sp³-hybridized carbons (Fsp3) is 0.571. The maximum Gasteiger partial charge on any atom is 0.298 e. The van der Waals surface area contributed by atoms with Gasteiger partial charge in [0, 0.05) is 5.01 Å². The summed E-state index contributed by atoms with van der Waals surface area (Å²) in [5.74, 6) is 0. The molecule has 0 spiro atoms. The molecule has 0 saturated heterocycles. The molecule has 0 radical (unpaired) electrons. The maximum absolute atomic E-state index is 9.46. The lowest BCUT2D eigenvalue weighted by Crippen LogP contribution is -1.70. The molecule has 0 aromatic heterocycles. The summed E-state index contributed by atoms with van der Waals surface area (Å²) in [5.41, 5.74) is 0. The molecule has 0 aliphatic heterocycles. The summed E-state index contributed by atoms with van der Waals surface area (Å²) in [6, 6.07) is 2.34.